The summed E-state index contributed by atoms with van der Waals surface area (Å²) in [6.45, 7) is 0. The van der Waals surface area contributed by atoms with Crippen molar-refractivity contribution in [1.29, 1.82) is 0 Å². The van der Waals surface area contributed by atoms with Gasteiger partial charge in [0.25, 0.3) is 5.69 Å². The Balaban J connectivity index is 2.38. The lowest BCUT2D eigenvalue weighted by atomic mass is 9.85. The second-order valence-corrected chi connectivity index (χ2v) is 4.13. The van der Waals surface area contributed by atoms with Crippen molar-refractivity contribution in [2.45, 2.75) is 19.3 Å². The molecule has 0 atom stereocenters. The number of allylic oxidation sites excluding steroid dienone is 1. The predicted molar refractivity (Wildman–Crippen MR) is 65.9 cm³/mol. The number of carbonyl (C=O) groups excluding carboxylic acids is 1. The van der Waals surface area contributed by atoms with Gasteiger partial charge in [-0.1, -0.05) is 5.57 Å². The highest BCUT2D eigenvalue weighted by atomic mass is 16.6. The van der Waals surface area contributed by atoms with Gasteiger partial charge >= 0.3 is 5.97 Å². The van der Waals surface area contributed by atoms with Crippen molar-refractivity contribution < 1.29 is 14.5 Å². The first-order valence-corrected chi connectivity index (χ1v) is 5.68. The van der Waals surface area contributed by atoms with Crippen LogP contribution in [0.15, 0.2) is 29.8 Å². The van der Waals surface area contributed by atoms with Crippen molar-refractivity contribution in [1.82, 2.24) is 0 Å². The minimum absolute atomic E-state index is 0.0153. The zero-order valence-electron chi connectivity index (χ0n) is 10.0. The summed E-state index contributed by atoms with van der Waals surface area (Å²) < 4.78 is 4.77. The normalized spacial score (nSPS) is 13.7. The van der Waals surface area contributed by atoms with Crippen LogP contribution in [0.1, 0.15) is 24.8 Å². The second-order valence-electron chi connectivity index (χ2n) is 4.13. The maximum Gasteiger partial charge on any atom is 0.338 e. The van der Waals surface area contributed by atoms with Crippen molar-refractivity contribution in [3.05, 3.63) is 45.5 Å². The molecule has 5 nitrogen and oxygen atoms in total. The summed E-state index contributed by atoms with van der Waals surface area (Å²) in [5.74, 6) is -0.376. The number of carbonyl (C=O) groups is 1. The van der Waals surface area contributed by atoms with Gasteiger partial charge in [0.15, 0.2) is 0 Å². The summed E-state index contributed by atoms with van der Waals surface area (Å²) in [4.78, 5) is 21.9. The second kappa shape index (κ2) is 5.00. The Hall–Kier alpha value is -2.17. The van der Waals surface area contributed by atoms with Crippen molar-refractivity contribution in [3.8, 4) is 0 Å². The van der Waals surface area contributed by atoms with Gasteiger partial charge in [-0.2, -0.15) is 0 Å². The minimum Gasteiger partial charge on any atom is -0.465 e. The summed E-state index contributed by atoms with van der Waals surface area (Å²) in [7, 11) is 1.34. The van der Waals surface area contributed by atoms with E-state index in [0.29, 0.717) is 11.1 Å². The SMILES string of the molecule is COC(=O)C(=C1CCC1)c1ccc([N+](=O)[O-])cc1. The molecule has 2 rings (SSSR count). The van der Waals surface area contributed by atoms with Gasteiger partial charge in [-0.05, 0) is 37.0 Å². The molecule has 1 aromatic carbocycles. The minimum atomic E-state index is -0.460. The number of rotatable bonds is 3. The van der Waals surface area contributed by atoms with Gasteiger partial charge in [0.2, 0.25) is 0 Å². The van der Waals surface area contributed by atoms with Gasteiger partial charge in [0.1, 0.15) is 0 Å². The number of methoxy groups -OCH3 is 1. The van der Waals surface area contributed by atoms with E-state index in [4.69, 9.17) is 4.74 Å². The molecular formula is C13H13NO4. The monoisotopic (exact) mass is 247 g/mol. The molecule has 0 spiro atoms. The molecule has 5 heteroatoms. The van der Waals surface area contributed by atoms with Crippen LogP contribution in [0.5, 0.6) is 0 Å². The Morgan fingerprint density at radius 2 is 1.89 bits per heavy atom. The molecule has 0 unspecified atom stereocenters. The summed E-state index contributed by atoms with van der Waals surface area (Å²) in [5.41, 5.74) is 2.32. The fraction of sp³-hybridized carbons (Fsp3) is 0.308. The van der Waals surface area contributed by atoms with E-state index >= 15 is 0 Å². The van der Waals surface area contributed by atoms with Crippen LogP contribution >= 0.6 is 0 Å². The molecule has 1 aliphatic rings. The lowest BCUT2D eigenvalue weighted by Crippen LogP contribution is -2.11. The van der Waals surface area contributed by atoms with Gasteiger partial charge in [0, 0.05) is 12.1 Å². The van der Waals surface area contributed by atoms with Gasteiger partial charge in [0.05, 0.1) is 17.6 Å². The number of nitrogens with zero attached hydrogens (tertiary/aromatic N) is 1. The summed E-state index contributed by atoms with van der Waals surface area (Å²) >= 11 is 0. The largest absolute Gasteiger partial charge is 0.465 e. The number of esters is 1. The first kappa shape index (κ1) is 12.3. The third kappa shape index (κ3) is 2.25. The first-order chi connectivity index (χ1) is 8.63. The van der Waals surface area contributed by atoms with E-state index in [2.05, 4.69) is 0 Å². The molecule has 0 saturated heterocycles. The Labute approximate surface area is 104 Å². The van der Waals surface area contributed by atoms with Crippen LogP contribution in [0.2, 0.25) is 0 Å². The lowest BCUT2D eigenvalue weighted by molar-refractivity contribution is -0.384. The van der Waals surface area contributed by atoms with E-state index in [9.17, 15) is 14.9 Å². The Bertz CT molecular complexity index is 510. The van der Waals surface area contributed by atoms with Gasteiger partial charge < -0.3 is 4.74 Å². The quantitative estimate of drug-likeness (QED) is 0.356. The fourth-order valence-corrected chi connectivity index (χ4v) is 1.92. The molecular weight excluding hydrogens is 234 g/mol. The number of hydrogen-bond acceptors (Lipinski definition) is 4. The molecule has 0 radical (unpaired) electrons. The van der Waals surface area contributed by atoms with Crippen molar-refractivity contribution >= 4 is 17.2 Å². The highest BCUT2D eigenvalue weighted by molar-refractivity contribution is 6.17. The average Bonchev–Trinajstić information content (AvgIpc) is 2.32. The third-order valence-corrected chi connectivity index (χ3v) is 3.07. The summed E-state index contributed by atoms with van der Waals surface area (Å²) in [5, 5.41) is 10.6. The van der Waals surface area contributed by atoms with Gasteiger partial charge in [-0.15, -0.1) is 0 Å². The standard InChI is InChI=1S/C13H13NO4/c1-18-13(15)12(9-3-2-4-9)10-5-7-11(8-6-10)14(16)17/h5-8H,2-4H2,1H3. The Morgan fingerprint density at radius 1 is 1.28 bits per heavy atom. The smallest absolute Gasteiger partial charge is 0.338 e. The highest BCUT2D eigenvalue weighted by Crippen LogP contribution is 2.34. The third-order valence-electron chi connectivity index (χ3n) is 3.07. The van der Waals surface area contributed by atoms with Crippen LogP contribution in [0.25, 0.3) is 5.57 Å². The van der Waals surface area contributed by atoms with E-state index in [1.54, 1.807) is 12.1 Å². The molecule has 1 fully saturated rings. The highest BCUT2D eigenvalue weighted by Gasteiger charge is 2.22. The van der Waals surface area contributed by atoms with Gasteiger partial charge in [-0.3, -0.25) is 10.1 Å². The van der Waals surface area contributed by atoms with E-state index in [0.717, 1.165) is 24.8 Å². The Kier molecular flexibility index (Phi) is 3.41. The van der Waals surface area contributed by atoms with Crippen LogP contribution in [-0.2, 0) is 9.53 Å². The molecule has 0 aromatic heterocycles. The van der Waals surface area contributed by atoms with Crippen molar-refractivity contribution in [2.75, 3.05) is 7.11 Å². The number of nitro benzene ring substituents is 1. The maximum absolute atomic E-state index is 11.8. The van der Waals surface area contributed by atoms with Crippen LogP contribution in [0.4, 0.5) is 5.69 Å². The van der Waals surface area contributed by atoms with Crippen LogP contribution < -0.4 is 0 Å². The topological polar surface area (TPSA) is 69.4 Å². The van der Waals surface area contributed by atoms with Crippen molar-refractivity contribution in [2.24, 2.45) is 0 Å². The summed E-state index contributed by atoms with van der Waals surface area (Å²) in [6.07, 6.45) is 2.85. The predicted octanol–water partition coefficient (Wildman–Crippen LogP) is 2.71. The molecule has 0 bridgehead atoms. The molecule has 1 saturated carbocycles. The first-order valence-electron chi connectivity index (χ1n) is 5.68. The number of non-ortho nitro benzene ring substituents is 1. The maximum atomic E-state index is 11.8. The van der Waals surface area contributed by atoms with E-state index in [1.807, 2.05) is 0 Å². The van der Waals surface area contributed by atoms with Crippen molar-refractivity contribution in [3.63, 3.8) is 0 Å². The van der Waals surface area contributed by atoms with Crippen LogP contribution in [0, 0.1) is 10.1 Å². The molecule has 0 aliphatic heterocycles. The number of hydrogen-bond donors (Lipinski definition) is 0. The molecule has 1 aromatic rings. The molecule has 0 amide bonds. The zero-order chi connectivity index (χ0) is 13.1. The lowest BCUT2D eigenvalue weighted by Gasteiger charge is -2.20. The molecule has 18 heavy (non-hydrogen) atoms. The van der Waals surface area contributed by atoms with Gasteiger partial charge in [-0.25, -0.2) is 4.79 Å². The molecule has 0 heterocycles. The fourth-order valence-electron chi connectivity index (χ4n) is 1.92. The van der Waals surface area contributed by atoms with E-state index in [-0.39, 0.29) is 11.7 Å². The molecule has 94 valence electrons. The molecule has 0 N–H and O–H groups in total. The van der Waals surface area contributed by atoms with E-state index < -0.39 is 4.92 Å². The number of nitro groups is 1. The molecule has 1 aliphatic carbocycles. The van der Waals surface area contributed by atoms with Crippen LogP contribution in [0.3, 0.4) is 0 Å². The zero-order valence-corrected chi connectivity index (χ0v) is 10.0. The van der Waals surface area contributed by atoms with Crippen LogP contribution in [-0.4, -0.2) is 18.0 Å². The number of ether oxygens (including phenoxy) is 1. The Morgan fingerprint density at radius 3 is 2.28 bits per heavy atom. The summed E-state index contributed by atoms with van der Waals surface area (Å²) in [6, 6.07) is 5.99. The van der Waals surface area contributed by atoms with E-state index in [1.165, 1.54) is 19.2 Å². The number of benzene rings is 1. The average molecular weight is 247 g/mol.